The molecule has 0 saturated heterocycles. The molecule has 0 spiro atoms. The summed E-state index contributed by atoms with van der Waals surface area (Å²) in [4.78, 5) is 28.4. The predicted octanol–water partition coefficient (Wildman–Crippen LogP) is 5.99. The average molecular weight is 455 g/mol. The van der Waals surface area contributed by atoms with Gasteiger partial charge in [-0.1, -0.05) is 57.2 Å². The quantitative estimate of drug-likeness (QED) is 0.425. The van der Waals surface area contributed by atoms with Crippen molar-refractivity contribution in [3.05, 3.63) is 95.2 Å². The van der Waals surface area contributed by atoms with Crippen molar-refractivity contribution in [3.63, 3.8) is 0 Å². The molecule has 0 saturated carbocycles. The van der Waals surface area contributed by atoms with E-state index in [0.717, 1.165) is 23.4 Å². The number of imide groups is 1. The molecule has 4 rings (SSSR count). The van der Waals surface area contributed by atoms with Gasteiger partial charge in [0.2, 0.25) is 0 Å². The molecule has 5 nitrogen and oxygen atoms in total. The Morgan fingerprint density at radius 3 is 2.24 bits per heavy atom. The lowest BCUT2D eigenvalue weighted by Gasteiger charge is -2.16. The Morgan fingerprint density at radius 2 is 1.62 bits per heavy atom. The van der Waals surface area contributed by atoms with E-state index in [1.807, 2.05) is 73.7 Å². The highest BCUT2D eigenvalue weighted by Gasteiger charge is 2.40. The van der Waals surface area contributed by atoms with Crippen molar-refractivity contribution in [2.45, 2.75) is 34.1 Å². The zero-order valence-corrected chi connectivity index (χ0v) is 20.1. The monoisotopic (exact) mass is 454 g/mol. The number of carbonyl (C=O) groups excluding carboxylic acids is 2. The molecule has 5 heteroatoms. The first kappa shape index (κ1) is 23.3. The van der Waals surface area contributed by atoms with Gasteiger partial charge in [-0.25, -0.2) is 4.90 Å². The number of nitrogens with one attached hydrogen (secondary N) is 1. The maximum atomic E-state index is 13.6. The largest absolute Gasteiger partial charge is 0.493 e. The topological polar surface area (TPSA) is 58.6 Å². The summed E-state index contributed by atoms with van der Waals surface area (Å²) >= 11 is 0. The van der Waals surface area contributed by atoms with Crippen LogP contribution in [0.3, 0.4) is 0 Å². The molecule has 0 bridgehead atoms. The number of benzene rings is 3. The molecular formula is C29H30N2O3. The lowest BCUT2D eigenvalue weighted by atomic mass is 10.0. The average Bonchev–Trinajstić information content (AvgIpc) is 3.07. The maximum Gasteiger partial charge on any atom is 0.282 e. The van der Waals surface area contributed by atoms with Crippen molar-refractivity contribution in [2.75, 3.05) is 16.8 Å². The molecular weight excluding hydrogens is 424 g/mol. The van der Waals surface area contributed by atoms with Crippen molar-refractivity contribution in [1.82, 2.24) is 0 Å². The third-order valence-electron chi connectivity index (χ3n) is 5.70. The molecule has 0 unspecified atom stereocenters. The third-order valence-corrected chi connectivity index (χ3v) is 5.70. The minimum absolute atomic E-state index is 0.270. The summed E-state index contributed by atoms with van der Waals surface area (Å²) in [5, 5.41) is 3.23. The molecule has 0 aromatic heterocycles. The molecule has 1 heterocycles. The molecule has 3 aromatic rings. The van der Waals surface area contributed by atoms with Gasteiger partial charge in [0.25, 0.3) is 11.8 Å². The summed E-state index contributed by atoms with van der Waals surface area (Å²) < 4.78 is 5.79. The van der Waals surface area contributed by atoms with E-state index in [0.29, 0.717) is 29.3 Å². The fourth-order valence-corrected chi connectivity index (χ4v) is 3.86. The zero-order valence-electron chi connectivity index (χ0n) is 20.1. The first-order valence-electron chi connectivity index (χ1n) is 11.7. The van der Waals surface area contributed by atoms with Crippen LogP contribution in [0.2, 0.25) is 0 Å². The SMILES string of the molecule is CCc1ccc(NC2=C(c3ccc(OCC(C)C)cc3)C(=O)N(c3cccc(C)c3)C2=O)cc1. The summed E-state index contributed by atoms with van der Waals surface area (Å²) in [6, 6.07) is 22.6. The summed E-state index contributed by atoms with van der Waals surface area (Å²) in [7, 11) is 0. The zero-order chi connectivity index (χ0) is 24.2. The highest BCUT2D eigenvalue weighted by Crippen LogP contribution is 2.34. The van der Waals surface area contributed by atoms with Gasteiger partial charge in [0.05, 0.1) is 17.9 Å². The standard InChI is InChI=1S/C29H30N2O3/c1-5-21-9-13-23(14-10-21)30-27-26(22-11-15-25(16-12-22)34-18-19(2)3)28(32)31(29(27)33)24-8-6-7-20(4)17-24/h6-17,19,30H,5,18H2,1-4H3. The van der Waals surface area contributed by atoms with Crippen LogP contribution in [0.25, 0.3) is 5.57 Å². The van der Waals surface area contributed by atoms with Gasteiger partial charge in [-0.15, -0.1) is 0 Å². The van der Waals surface area contributed by atoms with Crippen molar-refractivity contribution in [2.24, 2.45) is 5.92 Å². The molecule has 0 aliphatic carbocycles. The van der Waals surface area contributed by atoms with Crippen molar-refractivity contribution in [1.29, 1.82) is 0 Å². The van der Waals surface area contributed by atoms with Gasteiger partial charge in [0.15, 0.2) is 0 Å². The Morgan fingerprint density at radius 1 is 0.912 bits per heavy atom. The number of rotatable bonds is 8. The normalized spacial score (nSPS) is 13.7. The number of anilines is 2. The lowest BCUT2D eigenvalue weighted by Crippen LogP contribution is -2.32. The molecule has 0 atom stereocenters. The van der Waals surface area contributed by atoms with Crippen molar-refractivity contribution in [3.8, 4) is 5.75 Å². The van der Waals surface area contributed by atoms with E-state index < -0.39 is 0 Å². The van der Waals surface area contributed by atoms with Crippen LogP contribution in [0.1, 0.15) is 37.5 Å². The fourth-order valence-electron chi connectivity index (χ4n) is 3.86. The Balaban J connectivity index is 1.73. The summed E-state index contributed by atoms with van der Waals surface area (Å²) in [6.45, 7) is 8.82. The van der Waals surface area contributed by atoms with Gasteiger partial charge in [0.1, 0.15) is 11.4 Å². The van der Waals surface area contributed by atoms with Crippen LogP contribution >= 0.6 is 0 Å². The first-order valence-corrected chi connectivity index (χ1v) is 11.7. The van der Waals surface area contributed by atoms with E-state index in [2.05, 4.69) is 26.1 Å². The molecule has 3 aromatic carbocycles. The highest BCUT2D eigenvalue weighted by molar-refractivity contribution is 6.46. The third kappa shape index (κ3) is 4.88. The van der Waals surface area contributed by atoms with Gasteiger partial charge in [-0.05, 0) is 72.4 Å². The van der Waals surface area contributed by atoms with Crippen LogP contribution in [0.5, 0.6) is 5.75 Å². The van der Waals surface area contributed by atoms with Gasteiger partial charge in [0, 0.05) is 5.69 Å². The Labute approximate surface area is 201 Å². The number of amides is 2. The van der Waals surface area contributed by atoms with Crippen LogP contribution in [-0.2, 0) is 16.0 Å². The van der Waals surface area contributed by atoms with Gasteiger partial charge < -0.3 is 10.1 Å². The molecule has 174 valence electrons. The van der Waals surface area contributed by atoms with Gasteiger partial charge >= 0.3 is 0 Å². The molecule has 2 amide bonds. The molecule has 0 fully saturated rings. The molecule has 34 heavy (non-hydrogen) atoms. The number of aryl methyl sites for hydroxylation is 2. The maximum absolute atomic E-state index is 13.6. The molecule has 1 aliphatic heterocycles. The Hall–Kier alpha value is -3.86. The Bertz CT molecular complexity index is 1220. The number of hydrogen-bond donors (Lipinski definition) is 1. The van der Waals surface area contributed by atoms with Crippen LogP contribution in [-0.4, -0.2) is 18.4 Å². The second-order valence-corrected chi connectivity index (χ2v) is 8.94. The molecule has 1 N–H and O–H groups in total. The van der Waals surface area contributed by atoms with E-state index in [1.54, 1.807) is 6.07 Å². The number of carbonyl (C=O) groups is 2. The second kappa shape index (κ2) is 9.96. The first-order chi connectivity index (χ1) is 16.4. The van der Waals surface area contributed by atoms with Crippen molar-refractivity contribution >= 4 is 28.8 Å². The van der Waals surface area contributed by atoms with E-state index in [9.17, 15) is 9.59 Å². The Kier molecular flexibility index (Phi) is 6.82. The smallest absolute Gasteiger partial charge is 0.282 e. The van der Waals surface area contributed by atoms with Crippen molar-refractivity contribution < 1.29 is 14.3 Å². The second-order valence-electron chi connectivity index (χ2n) is 8.94. The number of hydrogen-bond acceptors (Lipinski definition) is 4. The van der Waals surface area contributed by atoms with Crippen LogP contribution in [0.15, 0.2) is 78.5 Å². The molecule has 1 aliphatic rings. The van der Waals surface area contributed by atoms with E-state index in [-0.39, 0.29) is 17.5 Å². The fraction of sp³-hybridized carbons (Fsp3) is 0.241. The molecule has 0 radical (unpaired) electrons. The minimum atomic E-state index is -0.370. The predicted molar refractivity (Wildman–Crippen MR) is 137 cm³/mol. The number of ether oxygens (including phenoxy) is 1. The van der Waals surface area contributed by atoms with Gasteiger partial charge in [-0.3, -0.25) is 9.59 Å². The highest BCUT2D eigenvalue weighted by atomic mass is 16.5. The van der Waals surface area contributed by atoms with Crippen LogP contribution in [0.4, 0.5) is 11.4 Å². The van der Waals surface area contributed by atoms with E-state index >= 15 is 0 Å². The van der Waals surface area contributed by atoms with Gasteiger partial charge in [-0.2, -0.15) is 0 Å². The minimum Gasteiger partial charge on any atom is -0.493 e. The summed E-state index contributed by atoms with van der Waals surface area (Å²) in [6.07, 6.45) is 0.929. The lowest BCUT2D eigenvalue weighted by molar-refractivity contribution is -0.120. The van der Waals surface area contributed by atoms with Crippen LogP contribution < -0.4 is 15.0 Å². The van der Waals surface area contributed by atoms with Crippen LogP contribution in [0, 0.1) is 12.8 Å². The number of nitrogens with zero attached hydrogens (tertiary/aromatic N) is 1. The van der Waals surface area contributed by atoms with E-state index in [4.69, 9.17) is 4.74 Å². The summed E-state index contributed by atoms with van der Waals surface area (Å²) in [5.74, 6) is 0.425. The van der Waals surface area contributed by atoms with E-state index in [1.165, 1.54) is 10.5 Å². The summed E-state index contributed by atoms with van der Waals surface area (Å²) in [5.41, 5.74) is 4.78.